The highest BCUT2D eigenvalue weighted by atomic mass is 32.2. The summed E-state index contributed by atoms with van der Waals surface area (Å²) < 4.78 is 5.48. The molecule has 1 aliphatic heterocycles. The van der Waals surface area contributed by atoms with Gasteiger partial charge in [0.1, 0.15) is 5.82 Å². The topological polar surface area (TPSA) is 77.2 Å². The number of anilines is 2. The molecule has 1 saturated heterocycles. The van der Waals surface area contributed by atoms with Crippen LogP contribution in [0.1, 0.15) is 5.69 Å². The van der Waals surface area contributed by atoms with Crippen molar-refractivity contribution in [3.8, 4) is 11.4 Å². The standard InChI is InChI=1S/C20H21N5OS/c21-16-3-1-15(2-4-16)20-23-17(14-27-18-5-7-22-8-6-18)13-19(24-20)25-9-11-26-12-10-25/h1-8,13H,9-12,14,21H2. The fourth-order valence-electron chi connectivity index (χ4n) is 2.86. The summed E-state index contributed by atoms with van der Waals surface area (Å²) in [5.74, 6) is 2.45. The van der Waals surface area contributed by atoms with Gasteiger partial charge in [0.05, 0.1) is 18.9 Å². The van der Waals surface area contributed by atoms with Crippen LogP contribution in [0.4, 0.5) is 11.5 Å². The Hall–Kier alpha value is -2.64. The van der Waals surface area contributed by atoms with Gasteiger partial charge >= 0.3 is 0 Å². The summed E-state index contributed by atoms with van der Waals surface area (Å²) >= 11 is 1.74. The minimum absolute atomic E-state index is 0.725. The van der Waals surface area contributed by atoms with E-state index in [9.17, 15) is 0 Å². The van der Waals surface area contributed by atoms with Crippen LogP contribution in [0.5, 0.6) is 0 Å². The van der Waals surface area contributed by atoms with Crippen molar-refractivity contribution in [1.29, 1.82) is 0 Å². The molecule has 6 nitrogen and oxygen atoms in total. The first-order valence-corrected chi connectivity index (χ1v) is 9.86. The number of pyridine rings is 1. The van der Waals surface area contributed by atoms with Gasteiger partial charge in [0.25, 0.3) is 0 Å². The largest absolute Gasteiger partial charge is 0.399 e. The van der Waals surface area contributed by atoms with Gasteiger partial charge in [0.15, 0.2) is 5.82 Å². The van der Waals surface area contributed by atoms with Crippen LogP contribution < -0.4 is 10.6 Å². The molecule has 138 valence electrons. The molecule has 1 aromatic carbocycles. The smallest absolute Gasteiger partial charge is 0.161 e. The SMILES string of the molecule is Nc1ccc(-c2nc(CSc3ccncc3)cc(N3CCOCC3)n2)cc1. The second-order valence-electron chi connectivity index (χ2n) is 6.23. The number of benzene rings is 1. The van der Waals surface area contributed by atoms with Gasteiger partial charge in [-0.05, 0) is 36.4 Å². The van der Waals surface area contributed by atoms with Crippen LogP contribution in [-0.4, -0.2) is 41.3 Å². The van der Waals surface area contributed by atoms with Crippen LogP contribution in [-0.2, 0) is 10.5 Å². The van der Waals surface area contributed by atoms with Crippen LogP contribution in [0, 0.1) is 0 Å². The van der Waals surface area contributed by atoms with E-state index in [-0.39, 0.29) is 0 Å². The van der Waals surface area contributed by atoms with E-state index in [1.54, 1.807) is 24.2 Å². The Balaban J connectivity index is 1.64. The van der Waals surface area contributed by atoms with Crippen LogP contribution in [0.25, 0.3) is 11.4 Å². The van der Waals surface area contributed by atoms with E-state index in [1.165, 1.54) is 4.90 Å². The first kappa shape index (κ1) is 17.8. The molecule has 0 aliphatic carbocycles. The molecule has 7 heteroatoms. The molecular weight excluding hydrogens is 358 g/mol. The van der Waals surface area contributed by atoms with Gasteiger partial charge in [-0.15, -0.1) is 11.8 Å². The normalized spacial score (nSPS) is 14.3. The lowest BCUT2D eigenvalue weighted by atomic mass is 10.2. The van der Waals surface area contributed by atoms with Crippen LogP contribution in [0.2, 0.25) is 0 Å². The van der Waals surface area contributed by atoms with Gasteiger partial charge in [0, 0.05) is 53.4 Å². The Bertz CT molecular complexity index is 883. The Morgan fingerprint density at radius 3 is 2.48 bits per heavy atom. The first-order chi connectivity index (χ1) is 13.3. The van der Waals surface area contributed by atoms with E-state index in [4.69, 9.17) is 20.4 Å². The van der Waals surface area contributed by atoms with Crippen molar-refractivity contribution < 1.29 is 4.74 Å². The Morgan fingerprint density at radius 2 is 1.74 bits per heavy atom. The molecule has 0 spiro atoms. The second kappa shape index (κ2) is 8.37. The van der Waals surface area contributed by atoms with Crippen molar-refractivity contribution in [3.05, 3.63) is 60.6 Å². The number of nitrogen functional groups attached to an aromatic ring is 1. The zero-order valence-electron chi connectivity index (χ0n) is 14.9. The van der Waals surface area contributed by atoms with Crippen LogP contribution >= 0.6 is 11.8 Å². The van der Waals surface area contributed by atoms with E-state index in [0.717, 1.165) is 60.6 Å². The molecule has 3 heterocycles. The first-order valence-electron chi connectivity index (χ1n) is 8.87. The number of hydrogen-bond acceptors (Lipinski definition) is 7. The number of ether oxygens (including phenoxy) is 1. The highest BCUT2D eigenvalue weighted by molar-refractivity contribution is 7.98. The molecule has 3 aromatic rings. The third-order valence-corrected chi connectivity index (χ3v) is 5.35. The number of aromatic nitrogens is 3. The molecule has 4 rings (SSSR count). The fraction of sp³-hybridized carbons (Fsp3) is 0.250. The average molecular weight is 379 g/mol. The number of nitrogens with zero attached hydrogens (tertiary/aromatic N) is 4. The maximum absolute atomic E-state index is 5.82. The van der Waals surface area contributed by atoms with Gasteiger partial charge in [-0.25, -0.2) is 9.97 Å². The quantitative estimate of drug-likeness (QED) is 0.538. The molecular formula is C20H21N5OS. The number of hydrogen-bond donors (Lipinski definition) is 1. The van der Waals surface area contributed by atoms with E-state index in [0.29, 0.717) is 0 Å². The maximum atomic E-state index is 5.82. The number of rotatable bonds is 5. The third-order valence-electron chi connectivity index (χ3n) is 4.31. The molecule has 27 heavy (non-hydrogen) atoms. The minimum atomic E-state index is 0.725. The van der Waals surface area contributed by atoms with Crippen molar-refractivity contribution in [1.82, 2.24) is 15.0 Å². The summed E-state index contributed by atoms with van der Waals surface area (Å²) in [7, 11) is 0. The van der Waals surface area contributed by atoms with Gasteiger partial charge in [-0.1, -0.05) is 0 Å². The predicted octanol–water partition coefficient (Wildman–Crippen LogP) is 3.25. The van der Waals surface area contributed by atoms with Gasteiger partial charge in [-0.2, -0.15) is 0 Å². The van der Waals surface area contributed by atoms with E-state index >= 15 is 0 Å². The Kier molecular flexibility index (Phi) is 5.50. The number of thioether (sulfide) groups is 1. The zero-order valence-corrected chi connectivity index (χ0v) is 15.7. The lowest BCUT2D eigenvalue weighted by molar-refractivity contribution is 0.122. The minimum Gasteiger partial charge on any atom is -0.399 e. The molecule has 0 amide bonds. The number of morpholine rings is 1. The fourth-order valence-corrected chi connectivity index (χ4v) is 3.64. The molecule has 0 bridgehead atoms. The van der Waals surface area contributed by atoms with E-state index in [1.807, 2.05) is 36.4 Å². The van der Waals surface area contributed by atoms with E-state index in [2.05, 4.69) is 16.0 Å². The summed E-state index contributed by atoms with van der Waals surface area (Å²) in [6.07, 6.45) is 3.61. The molecule has 0 atom stereocenters. The maximum Gasteiger partial charge on any atom is 0.161 e. The second-order valence-corrected chi connectivity index (χ2v) is 7.28. The van der Waals surface area contributed by atoms with Crippen molar-refractivity contribution in [2.24, 2.45) is 0 Å². The summed E-state index contributed by atoms with van der Waals surface area (Å²) in [6, 6.07) is 13.8. The molecule has 2 N–H and O–H groups in total. The predicted molar refractivity (Wildman–Crippen MR) is 109 cm³/mol. The lowest BCUT2D eigenvalue weighted by Crippen LogP contribution is -2.37. The molecule has 2 aromatic heterocycles. The zero-order chi connectivity index (χ0) is 18.5. The van der Waals surface area contributed by atoms with Gasteiger partial charge < -0.3 is 15.4 Å². The van der Waals surface area contributed by atoms with Crippen molar-refractivity contribution in [3.63, 3.8) is 0 Å². The molecule has 0 unspecified atom stereocenters. The molecule has 1 aliphatic rings. The average Bonchev–Trinajstić information content (AvgIpc) is 2.74. The molecule has 1 fully saturated rings. The van der Waals surface area contributed by atoms with Crippen molar-refractivity contribution in [2.45, 2.75) is 10.6 Å². The van der Waals surface area contributed by atoms with Crippen LogP contribution in [0.15, 0.2) is 59.8 Å². The van der Waals surface area contributed by atoms with Gasteiger partial charge in [0.2, 0.25) is 0 Å². The van der Waals surface area contributed by atoms with Crippen LogP contribution in [0.3, 0.4) is 0 Å². The van der Waals surface area contributed by atoms with Crippen molar-refractivity contribution in [2.75, 3.05) is 36.9 Å². The van der Waals surface area contributed by atoms with E-state index < -0.39 is 0 Å². The molecule has 0 saturated carbocycles. The highest BCUT2D eigenvalue weighted by Gasteiger charge is 2.16. The van der Waals surface area contributed by atoms with Crippen molar-refractivity contribution >= 4 is 23.3 Å². The lowest BCUT2D eigenvalue weighted by Gasteiger charge is -2.28. The third kappa shape index (κ3) is 4.56. The molecule has 0 radical (unpaired) electrons. The van der Waals surface area contributed by atoms with Gasteiger partial charge in [-0.3, -0.25) is 4.98 Å². The summed E-state index contributed by atoms with van der Waals surface area (Å²) in [6.45, 7) is 3.13. The summed E-state index contributed by atoms with van der Waals surface area (Å²) in [5.41, 5.74) is 8.52. The number of nitrogens with two attached hydrogens (primary N) is 1. The monoisotopic (exact) mass is 379 g/mol. The Labute approximate surface area is 162 Å². The Morgan fingerprint density at radius 1 is 1.00 bits per heavy atom. The highest BCUT2D eigenvalue weighted by Crippen LogP contribution is 2.26. The summed E-state index contributed by atoms with van der Waals surface area (Å²) in [4.78, 5) is 17.1. The summed E-state index contributed by atoms with van der Waals surface area (Å²) in [5, 5.41) is 0.